The van der Waals surface area contributed by atoms with E-state index in [0.717, 1.165) is 11.3 Å². The number of rotatable bonds is 3. The molecule has 1 N–H and O–H groups in total. The third kappa shape index (κ3) is 2.69. The summed E-state index contributed by atoms with van der Waals surface area (Å²) in [5, 5.41) is 9.47. The highest BCUT2D eigenvalue weighted by atomic mass is 19.1. The Bertz CT molecular complexity index is 684. The fraction of sp³-hybridized carbons (Fsp3) is 0.312. The zero-order valence-electron chi connectivity index (χ0n) is 11.6. The molecule has 5 heteroatoms. The minimum atomic E-state index is -0.466. The van der Waals surface area contributed by atoms with Gasteiger partial charge < -0.3 is 9.67 Å². The standard InChI is InChI=1S/C16H17FN2O2/c17-9-14(12-4-2-1-3-5-12)19-7-6-18-11-16(21)15(20)8-13(18)10-19/h1-5,8,11,14,21H,6-7,9-10H2/t14-/m0/s1. The fourth-order valence-electron chi connectivity index (χ4n) is 2.81. The topological polar surface area (TPSA) is 45.5 Å². The van der Waals surface area contributed by atoms with Gasteiger partial charge in [-0.15, -0.1) is 0 Å². The third-order valence-electron chi connectivity index (χ3n) is 3.96. The van der Waals surface area contributed by atoms with Crippen molar-refractivity contribution in [3.63, 3.8) is 0 Å². The van der Waals surface area contributed by atoms with Gasteiger partial charge in [0.25, 0.3) is 0 Å². The molecular formula is C16H17FN2O2. The largest absolute Gasteiger partial charge is 0.503 e. The molecule has 0 amide bonds. The zero-order valence-corrected chi connectivity index (χ0v) is 11.6. The molecule has 0 aliphatic carbocycles. The van der Waals surface area contributed by atoms with E-state index in [0.29, 0.717) is 19.6 Å². The van der Waals surface area contributed by atoms with Crippen LogP contribution in [0.2, 0.25) is 0 Å². The van der Waals surface area contributed by atoms with Crippen LogP contribution in [0.5, 0.6) is 5.75 Å². The molecule has 0 fully saturated rings. The van der Waals surface area contributed by atoms with E-state index in [1.165, 1.54) is 12.3 Å². The monoisotopic (exact) mass is 288 g/mol. The highest BCUT2D eigenvalue weighted by Crippen LogP contribution is 2.25. The van der Waals surface area contributed by atoms with Crippen molar-refractivity contribution >= 4 is 0 Å². The maximum absolute atomic E-state index is 13.5. The molecule has 2 heterocycles. The zero-order chi connectivity index (χ0) is 14.8. The van der Waals surface area contributed by atoms with Gasteiger partial charge >= 0.3 is 0 Å². The van der Waals surface area contributed by atoms with Crippen LogP contribution in [-0.4, -0.2) is 27.8 Å². The molecule has 1 aliphatic rings. The van der Waals surface area contributed by atoms with Crippen molar-refractivity contribution in [3.8, 4) is 5.75 Å². The van der Waals surface area contributed by atoms with Crippen LogP contribution in [0.25, 0.3) is 0 Å². The van der Waals surface area contributed by atoms with Crippen LogP contribution >= 0.6 is 0 Å². The maximum atomic E-state index is 13.5. The summed E-state index contributed by atoms with van der Waals surface area (Å²) < 4.78 is 15.4. The molecule has 21 heavy (non-hydrogen) atoms. The van der Waals surface area contributed by atoms with Gasteiger partial charge in [0, 0.05) is 31.4 Å². The molecule has 0 bridgehead atoms. The molecule has 0 radical (unpaired) electrons. The van der Waals surface area contributed by atoms with Crippen molar-refractivity contribution in [1.82, 2.24) is 9.47 Å². The Kier molecular flexibility index (Phi) is 3.75. The van der Waals surface area contributed by atoms with E-state index in [1.807, 2.05) is 39.8 Å². The predicted octanol–water partition coefficient (Wildman–Crippen LogP) is 2.08. The Morgan fingerprint density at radius 1 is 1.24 bits per heavy atom. The molecule has 1 aromatic carbocycles. The van der Waals surface area contributed by atoms with Gasteiger partial charge in [0.1, 0.15) is 6.67 Å². The molecule has 1 atom stereocenters. The first kappa shape index (κ1) is 13.8. The first-order chi connectivity index (χ1) is 10.2. The van der Waals surface area contributed by atoms with E-state index < -0.39 is 6.67 Å². The molecule has 0 saturated carbocycles. The van der Waals surface area contributed by atoms with Crippen molar-refractivity contribution in [1.29, 1.82) is 0 Å². The Labute approximate surface area is 122 Å². The SMILES string of the molecule is O=c1cc2n(cc1O)CCN([C@@H](CF)c1ccccc1)C2. The lowest BCUT2D eigenvalue weighted by molar-refractivity contribution is 0.130. The van der Waals surface area contributed by atoms with Crippen molar-refractivity contribution in [2.24, 2.45) is 0 Å². The van der Waals surface area contributed by atoms with Crippen LogP contribution in [0.3, 0.4) is 0 Å². The first-order valence-electron chi connectivity index (χ1n) is 6.96. The van der Waals surface area contributed by atoms with Crippen molar-refractivity contribution < 1.29 is 9.50 Å². The summed E-state index contributed by atoms with van der Waals surface area (Å²) in [7, 11) is 0. The number of hydrogen-bond acceptors (Lipinski definition) is 3. The molecule has 2 aromatic rings. The normalized spacial score (nSPS) is 16.4. The second kappa shape index (κ2) is 5.69. The summed E-state index contributed by atoms with van der Waals surface area (Å²) in [4.78, 5) is 13.6. The number of pyridine rings is 1. The lowest BCUT2D eigenvalue weighted by Crippen LogP contribution is -2.38. The Morgan fingerprint density at radius 3 is 2.71 bits per heavy atom. The van der Waals surface area contributed by atoms with Gasteiger partial charge in [0.15, 0.2) is 5.75 Å². The van der Waals surface area contributed by atoms with Gasteiger partial charge in [0.05, 0.1) is 12.2 Å². The Hall–Kier alpha value is -2.14. The lowest BCUT2D eigenvalue weighted by atomic mass is 10.1. The summed E-state index contributed by atoms with van der Waals surface area (Å²) in [6.07, 6.45) is 1.46. The highest BCUT2D eigenvalue weighted by molar-refractivity contribution is 5.23. The van der Waals surface area contributed by atoms with Crippen LogP contribution in [0.1, 0.15) is 17.3 Å². The van der Waals surface area contributed by atoms with Gasteiger partial charge in [0.2, 0.25) is 5.43 Å². The smallest absolute Gasteiger partial charge is 0.223 e. The summed E-state index contributed by atoms with van der Waals surface area (Å²) >= 11 is 0. The number of aromatic hydroxyl groups is 1. The van der Waals surface area contributed by atoms with Gasteiger partial charge in [-0.1, -0.05) is 30.3 Å². The molecular weight excluding hydrogens is 271 g/mol. The number of fused-ring (bicyclic) bond motifs is 1. The van der Waals surface area contributed by atoms with E-state index in [1.54, 1.807) is 0 Å². The van der Waals surface area contributed by atoms with Gasteiger partial charge in [-0.25, -0.2) is 4.39 Å². The average Bonchev–Trinajstić information content (AvgIpc) is 2.50. The second-order valence-corrected chi connectivity index (χ2v) is 5.26. The van der Waals surface area contributed by atoms with E-state index in [2.05, 4.69) is 0 Å². The van der Waals surface area contributed by atoms with Gasteiger partial charge in [-0.3, -0.25) is 9.69 Å². The second-order valence-electron chi connectivity index (χ2n) is 5.26. The van der Waals surface area contributed by atoms with Crippen LogP contribution in [0.15, 0.2) is 47.4 Å². The number of aromatic nitrogens is 1. The number of halogens is 1. The molecule has 3 rings (SSSR count). The predicted molar refractivity (Wildman–Crippen MR) is 77.9 cm³/mol. The van der Waals surface area contributed by atoms with Gasteiger partial charge in [-0.05, 0) is 5.56 Å². The summed E-state index contributed by atoms with van der Waals surface area (Å²) in [5.74, 6) is -0.239. The first-order valence-corrected chi connectivity index (χ1v) is 6.96. The van der Waals surface area contributed by atoms with Crippen molar-refractivity contribution in [2.75, 3.05) is 13.2 Å². The summed E-state index contributed by atoms with van der Waals surface area (Å²) in [6.45, 7) is 1.34. The van der Waals surface area contributed by atoms with E-state index in [-0.39, 0.29) is 17.2 Å². The summed E-state index contributed by atoms with van der Waals surface area (Å²) in [6, 6.07) is 10.7. The van der Waals surface area contributed by atoms with Crippen molar-refractivity contribution in [3.05, 3.63) is 64.1 Å². The van der Waals surface area contributed by atoms with Crippen LogP contribution < -0.4 is 5.43 Å². The number of nitrogens with zero attached hydrogens (tertiary/aromatic N) is 2. The lowest BCUT2D eigenvalue weighted by Gasteiger charge is -2.35. The van der Waals surface area contributed by atoms with Crippen molar-refractivity contribution in [2.45, 2.75) is 19.1 Å². The van der Waals surface area contributed by atoms with E-state index in [4.69, 9.17) is 0 Å². The van der Waals surface area contributed by atoms with E-state index >= 15 is 0 Å². The average molecular weight is 288 g/mol. The van der Waals surface area contributed by atoms with Gasteiger partial charge in [-0.2, -0.15) is 0 Å². The number of alkyl halides is 1. The third-order valence-corrected chi connectivity index (χ3v) is 3.96. The number of benzene rings is 1. The molecule has 0 saturated heterocycles. The Balaban J connectivity index is 1.88. The Morgan fingerprint density at radius 2 is 2.00 bits per heavy atom. The fourth-order valence-corrected chi connectivity index (χ4v) is 2.81. The molecule has 1 aromatic heterocycles. The summed E-state index contributed by atoms with van der Waals surface area (Å²) in [5.41, 5.74) is 1.35. The molecule has 0 unspecified atom stereocenters. The molecule has 110 valence electrons. The quantitative estimate of drug-likeness (QED) is 0.940. The minimum Gasteiger partial charge on any atom is -0.503 e. The minimum absolute atomic E-state index is 0.239. The van der Waals surface area contributed by atoms with Crippen LogP contribution in [-0.2, 0) is 13.1 Å². The molecule has 1 aliphatic heterocycles. The van der Waals surface area contributed by atoms with E-state index in [9.17, 15) is 14.3 Å². The maximum Gasteiger partial charge on any atom is 0.223 e. The van der Waals surface area contributed by atoms with Crippen LogP contribution in [0.4, 0.5) is 4.39 Å². The molecule has 4 nitrogen and oxygen atoms in total. The highest BCUT2D eigenvalue weighted by Gasteiger charge is 2.25. The van der Waals surface area contributed by atoms with Crippen LogP contribution in [0, 0.1) is 0 Å². The molecule has 0 spiro atoms. The number of hydrogen-bond donors (Lipinski definition) is 1.